The van der Waals surface area contributed by atoms with E-state index in [1.807, 2.05) is 6.92 Å². The highest BCUT2D eigenvalue weighted by Gasteiger charge is 2.31. The third-order valence-corrected chi connectivity index (χ3v) is 5.18. The minimum Gasteiger partial charge on any atom is -0.464 e. The zero-order valence-electron chi connectivity index (χ0n) is 17.9. The number of H-pyrrole nitrogens is 1. The molecule has 0 aliphatic carbocycles. The maximum Gasteiger partial charge on any atom is 0.258 e. The first-order valence-electron chi connectivity index (χ1n) is 10.2. The number of hydrogen-bond acceptors (Lipinski definition) is 9. The van der Waals surface area contributed by atoms with Crippen LogP contribution in [0.2, 0.25) is 0 Å². The second kappa shape index (κ2) is 8.61. The maximum atomic E-state index is 15.4. The lowest BCUT2D eigenvalue weighted by atomic mass is 9.94. The molecule has 0 amide bonds. The van der Waals surface area contributed by atoms with Crippen molar-refractivity contribution in [3.8, 4) is 5.88 Å². The van der Waals surface area contributed by atoms with Crippen molar-refractivity contribution in [2.45, 2.75) is 45.3 Å². The van der Waals surface area contributed by atoms with E-state index >= 15 is 4.39 Å². The van der Waals surface area contributed by atoms with Crippen LogP contribution in [0.5, 0.6) is 5.88 Å². The number of nitrogens with one attached hydrogen (secondary N) is 2. The summed E-state index contributed by atoms with van der Waals surface area (Å²) >= 11 is 0. The lowest BCUT2D eigenvalue weighted by molar-refractivity contribution is 0.0348. The minimum absolute atomic E-state index is 0.0486. The molecule has 10 nitrogen and oxygen atoms in total. The van der Waals surface area contributed by atoms with Crippen molar-refractivity contribution in [3.63, 3.8) is 0 Å². The van der Waals surface area contributed by atoms with Crippen molar-refractivity contribution < 1.29 is 18.6 Å². The van der Waals surface area contributed by atoms with Crippen LogP contribution in [0.15, 0.2) is 18.5 Å². The van der Waals surface area contributed by atoms with Crippen LogP contribution in [0.1, 0.15) is 44.3 Å². The second-order valence-corrected chi connectivity index (χ2v) is 8.05. The Morgan fingerprint density at radius 1 is 1.22 bits per heavy atom. The van der Waals surface area contributed by atoms with Gasteiger partial charge in [0.15, 0.2) is 29.4 Å². The standard InChI is InChI=1S/C20H24F2N8O2/c1-11-8-14(29-28-11)25-19-26-17(30-6-4-20(3,31)5-7-30)15(22)18(27-19)32-12(2)16-23-9-13(21)10-24-16/h8-10,12,31H,4-7H2,1-3H3,(H2,25,26,27,28,29). The van der Waals surface area contributed by atoms with Crippen molar-refractivity contribution in [1.29, 1.82) is 0 Å². The van der Waals surface area contributed by atoms with Crippen molar-refractivity contribution in [1.82, 2.24) is 30.1 Å². The zero-order chi connectivity index (χ0) is 22.9. The number of nitrogens with zero attached hydrogens (tertiary/aromatic N) is 6. The zero-order valence-corrected chi connectivity index (χ0v) is 17.9. The van der Waals surface area contributed by atoms with E-state index in [1.165, 1.54) is 0 Å². The molecular weight excluding hydrogens is 422 g/mol. The van der Waals surface area contributed by atoms with Gasteiger partial charge in [-0.2, -0.15) is 19.5 Å². The second-order valence-electron chi connectivity index (χ2n) is 8.05. The van der Waals surface area contributed by atoms with Crippen LogP contribution in [0.3, 0.4) is 0 Å². The molecule has 0 radical (unpaired) electrons. The molecular formula is C20H24F2N8O2. The van der Waals surface area contributed by atoms with Gasteiger partial charge in [-0.1, -0.05) is 0 Å². The Balaban J connectivity index is 1.65. The van der Waals surface area contributed by atoms with E-state index in [0.717, 1.165) is 18.1 Å². The number of anilines is 3. The van der Waals surface area contributed by atoms with Crippen LogP contribution in [0, 0.1) is 18.6 Å². The number of aromatic nitrogens is 6. The minimum atomic E-state index is -0.804. The number of halogens is 2. The van der Waals surface area contributed by atoms with E-state index in [9.17, 15) is 9.50 Å². The molecule has 0 saturated carbocycles. The third kappa shape index (κ3) is 4.90. The summed E-state index contributed by atoms with van der Waals surface area (Å²) in [5.74, 6) is -0.857. The van der Waals surface area contributed by atoms with Gasteiger partial charge < -0.3 is 20.1 Å². The molecule has 12 heteroatoms. The van der Waals surface area contributed by atoms with Crippen molar-refractivity contribution in [2.75, 3.05) is 23.3 Å². The van der Waals surface area contributed by atoms with Gasteiger partial charge in [0.05, 0.1) is 18.0 Å². The molecule has 32 heavy (non-hydrogen) atoms. The number of ether oxygens (including phenoxy) is 1. The fraction of sp³-hybridized carbons (Fsp3) is 0.450. The Labute approximate surface area is 183 Å². The molecule has 1 aliphatic heterocycles. The Bertz CT molecular complexity index is 1080. The Hall–Kier alpha value is -3.41. The Kier molecular flexibility index (Phi) is 5.87. The van der Waals surface area contributed by atoms with Gasteiger partial charge >= 0.3 is 0 Å². The van der Waals surface area contributed by atoms with Crippen LogP contribution < -0.4 is 15.0 Å². The number of aromatic amines is 1. The summed E-state index contributed by atoms with van der Waals surface area (Å²) in [5.41, 5.74) is 0.0215. The highest BCUT2D eigenvalue weighted by atomic mass is 19.1. The van der Waals surface area contributed by atoms with Crippen LogP contribution in [0.25, 0.3) is 0 Å². The first kappa shape index (κ1) is 21.8. The number of rotatable bonds is 6. The van der Waals surface area contributed by atoms with Crippen molar-refractivity contribution >= 4 is 17.6 Å². The summed E-state index contributed by atoms with van der Waals surface area (Å²) in [6, 6.07) is 1.75. The van der Waals surface area contributed by atoms with Gasteiger partial charge in [-0.3, -0.25) is 5.10 Å². The number of piperidine rings is 1. The summed E-state index contributed by atoms with van der Waals surface area (Å²) < 4.78 is 34.2. The molecule has 1 saturated heterocycles. The third-order valence-electron chi connectivity index (χ3n) is 5.18. The van der Waals surface area contributed by atoms with Gasteiger partial charge in [-0.25, -0.2) is 14.4 Å². The lowest BCUT2D eigenvalue weighted by Crippen LogP contribution is -2.43. The van der Waals surface area contributed by atoms with Crippen molar-refractivity contribution in [3.05, 3.63) is 41.6 Å². The van der Waals surface area contributed by atoms with E-state index in [-0.39, 0.29) is 23.5 Å². The molecule has 0 bridgehead atoms. The summed E-state index contributed by atoms with van der Waals surface area (Å²) in [7, 11) is 0. The van der Waals surface area contributed by atoms with Gasteiger partial charge in [-0.05, 0) is 33.6 Å². The number of hydrogen-bond donors (Lipinski definition) is 3. The van der Waals surface area contributed by atoms with E-state index in [1.54, 1.807) is 24.8 Å². The van der Waals surface area contributed by atoms with E-state index in [0.29, 0.717) is 31.7 Å². The van der Waals surface area contributed by atoms with Crippen LogP contribution in [0.4, 0.5) is 26.4 Å². The van der Waals surface area contributed by atoms with E-state index in [2.05, 4.69) is 35.5 Å². The fourth-order valence-electron chi connectivity index (χ4n) is 3.31. The lowest BCUT2D eigenvalue weighted by Gasteiger charge is -2.36. The Morgan fingerprint density at radius 3 is 2.53 bits per heavy atom. The average Bonchev–Trinajstić information content (AvgIpc) is 3.15. The molecule has 1 unspecified atom stereocenters. The van der Waals surface area contributed by atoms with Gasteiger partial charge in [0.1, 0.15) is 0 Å². The molecule has 3 N–H and O–H groups in total. The Morgan fingerprint density at radius 2 is 1.91 bits per heavy atom. The normalized spacial score (nSPS) is 16.6. The summed E-state index contributed by atoms with van der Waals surface area (Å²) in [4.78, 5) is 18.0. The highest BCUT2D eigenvalue weighted by molar-refractivity contribution is 5.54. The number of aliphatic hydroxyl groups is 1. The van der Waals surface area contributed by atoms with Crippen LogP contribution in [-0.2, 0) is 0 Å². The topological polar surface area (TPSA) is 125 Å². The van der Waals surface area contributed by atoms with Crippen molar-refractivity contribution in [2.24, 2.45) is 0 Å². The number of aryl methyl sites for hydroxylation is 1. The monoisotopic (exact) mass is 446 g/mol. The van der Waals surface area contributed by atoms with Crippen LogP contribution >= 0.6 is 0 Å². The highest BCUT2D eigenvalue weighted by Crippen LogP contribution is 2.32. The van der Waals surface area contributed by atoms with E-state index < -0.39 is 23.3 Å². The molecule has 4 heterocycles. The molecule has 0 spiro atoms. The molecule has 1 atom stereocenters. The van der Waals surface area contributed by atoms with Gasteiger partial charge in [0.2, 0.25) is 11.8 Å². The summed E-state index contributed by atoms with van der Waals surface area (Å²) in [6.07, 6.45) is 2.16. The molecule has 1 fully saturated rings. The summed E-state index contributed by atoms with van der Waals surface area (Å²) in [5, 5.41) is 20.1. The maximum absolute atomic E-state index is 15.4. The summed E-state index contributed by atoms with van der Waals surface area (Å²) in [6.45, 7) is 6.03. The smallest absolute Gasteiger partial charge is 0.258 e. The molecule has 3 aromatic rings. The average molecular weight is 446 g/mol. The predicted molar refractivity (Wildman–Crippen MR) is 112 cm³/mol. The molecule has 3 aromatic heterocycles. The van der Waals surface area contributed by atoms with Crippen LogP contribution in [-0.4, -0.2) is 53.9 Å². The fourth-order valence-corrected chi connectivity index (χ4v) is 3.31. The molecule has 170 valence electrons. The molecule has 4 rings (SSSR count). The molecule has 0 aromatic carbocycles. The van der Waals surface area contributed by atoms with Gasteiger partial charge in [-0.15, -0.1) is 0 Å². The first-order chi connectivity index (χ1) is 15.2. The molecule has 1 aliphatic rings. The van der Waals surface area contributed by atoms with Gasteiger partial charge in [0, 0.05) is 24.8 Å². The first-order valence-corrected chi connectivity index (χ1v) is 10.2. The quantitative estimate of drug-likeness (QED) is 0.524. The predicted octanol–water partition coefficient (Wildman–Crippen LogP) is 2.81. The van der Waals surface area contributed by atoms with E-state index in [4.69, 9.17) is 4.74 Å². The van der Waals surface area contributed by atoms with Gasteiger partial charge in [0.25, 0.3) is 5.88 Å². The largest absolute Gasteiger partial charge is 0.464 e. The SMILES string of the molecule is Cc1cc(Nc2nc(OC(C)c3ncc(F)cn3)c(F)c(N3CCC(C)(O)CC3)n2)n[nH]1.